The third-order valence-corrected chi connectivity index (χ3v) is 6.65. The fourth-order valence-electron chi connectivity index (χ4n) is 4.65. The van der Waals surface area contributed by atoms with E-state index in [1.54, 1.807) is 6.07 Å². The Morgan fingerprint density at radius 2 is 1.24 bits per heavy atom. The van der Waals surface area contributed by atoms with Crippen LogP contribution in [-0.2, 0) is 14.3 Å². The standard InChI is InChI=1S/C29H24F3NO9/c30-29(31,32)26(38)33-25-27(39,21(35)17-10-4-1-5-11-17)23(41-24(37)19-14-8-3-9-15-19)20(16-34)42-28(25,40)22(36)18-12-6-2-7-13-18/h1-15,20,23,25,34,39-40H,16H2,(H,33,38)/t20-,23+,25-,27+,28?/m1/s1. The number of alkyl halides is 3. The molecule has 1 fully saturated rings. The molecule has 0 saturated carbocycles. The Bertz CT molecular complexity index is 1450. The van der Waals surface area contributed by atoms with Crippen LogP contribution in [0.2, 0.25) is 0 Å². The van der Waals surface area contributed by atoms with Crippen molar-refractivity contribution in [3.63, 3.8) is 0 Å². The summed E-state index contributed by atoms with van der Waals surface area (Å²) in [5.74, 6) is -10.5. The normalized spacial score (nSPS) is 25.7. The van der Waals surface area contributed by atoms with Crippen LogP contribution >= 0.6 is 0 Å². The van der Waals surface area contributed by atoms with Gasteiger partial charge in [-0.3, -0.25) is 14.4 Å². The molecule has 5 atom stereocenters. The number of amides is 1. The zero-order valence-electron chi connectivity index (χ0n) is 21.5. The number of benzene rings is 3. The molecule has 13 heteroatoms. The summed E-state index contributed by atoms with van der Waals surface area (Å²) < 4.78 is 51.3. The number of rotatable bonds is 8. The van der Waals surface area contributed by atoms with Crippen molar-refractivity contribution in [3.05, 3.63) is 108 Å². The zero-order chi connectivity index (χ0) is 30.7. The van der Waals surface area contributed by atoms with Crippen LogP contribution in [0.1, 0.15) is 31.1 Å². The molecule has 1 saturated heterocycles. The lowest BCUT2D eigenvalue weighted by Gasteiger charge is -2.53. The lowest BCUT2D eigenvalue weighted by atomic mass is 9.71. The molecule has 0 spiro atoms. The van der Waals surface area contributed by atoms with E-state index in [4.69, 9.17) is 9.47 Å². The molecule has 4 N–H and O–H groups in total. The van der Waals surface area contributed by atoms with Crippen LogP contribution in [-0.4, -0.2) is 81.2 Å². The van der Waals surface area contributed by atoms with E-state index in [0.29, 0.717) is 0 Å². The van der Waals surface area contributed by atoms with Gasteiger partial charge in [0.15, 0.2) is 11.7 Å². The van der Waals surface area contributed by atoms with E-state index in [1.165, 1.54) is 66.0 Å². The molecule has 1 aliphatic rings. The van der Waals surface area contributed by atoms with Crippen LogP contribution in [0.4, 0.5) is 13.2 Å². The van der Waals surface area contributed by atoms with Gasteiger partial charge in [-0.1, -0.05) is 78.9 Å². The number of ketones is 2. The number of esters is 1. The minimum atomic E-state index is -5.63. The van der Waals surface area contributed by atoms with Gasteiger partial charge in [-0.05, 0) is 12.1 Å². The van der Waals surface area contributed by atoms with E-state index < -0.39 is 65.9 Å². The van der Waals surface area contributed by atoms with Gasteiger partial charge in [0.2, 0.25) is 11.6 Å². The molecule has 4 rings (SSSR count). The van der Waals surface area contributed by atoms with Crippen molar-refractivity contribution in [1.29, 1.82) is 0 Å². The van der Waals surface area contributed by atoms with E-state index in [9.17, 15) is 47.7 Å². The molecule has 220 valence electrons. The van der Waals surface area contributed by atoms with Gasteiger partial charge >= 0.3 is 18.1 Å². The maximum Gasteiger partial charge on any atom is 0.471 e. The number of aliphatic hydroxyl groups is 3. The summed E-state index contributed by atoms with van der Waals surface area (Å²) in [6.45, 7) is -1.21. The summed E-state index contributed by atoms with van der Waals surface area (Å²) in [6.07, 6.45) is -10.0. The Labute approximate surface area is 236 Å². The third kappa shape index (κ3) is 5.67. The maximum atomic E-state index is 14.0. The first-order valence-electron chi connectivity index (χ1n) is 12.4. The number of ether oxygens (including phenoxy) is 2. The quantitative estimate of drug-likeness (QED) is 0.228. The molecule has 10 nitrogen and oxygen atoms in total. The van der Waals surface area contributed by atoms with E-state index in [-0.39, 0.29) is 16.7 Å². The molecule has 1 unspecified atom stereocenters. The predicted molar refractivity (Wildman–Crippen MR) is 137 cm³/mol. The van der Waals surface area contributed by atoms with Crippen molar-refractivity contribution >= 4 is 23.4 Å². The van der Waals surface area contributed by atoms with E-state index >= 15 is 0 Å². The molecule has 0 bridgehead atoms. The number of hydrogen-bond acceptors (Lipinski definition) is 9. The molecule has 3 aromatic rings. The van der Waals surface area contributed by atoms with Gasteiger partial charge < -0.3 is 30.1 Å². The molecular weight excluding hydrogens is 563 g/mol. The van der Waals surface area contributed by atoms with Crippen LogP contribution in [0.25, 0.3) is 0 Å². The molecule has 1 aliphatic heterocycles. The summed E-state index contributed by atoms with van der Waals surface area (Å²) in [5, 5.41) is 35.3. The Morgan fingerprint density at radius 3 is 1.69 bits per heavy atom. The first-order valence-corrected chi connectivity index (χ1v) is 12.4. The first kappa shape index (κ1) is 30.5. The van der Waals surface area contributed by atoms with E-state index in [2.05, 4.69) is 0 Å². The monoisotopic (exact) mass is 587 g/mol. The molecule has 3 aromatic carbocycles. The third-order valence-electron chi connectivity index (χ3n) is 6.65. The largest absolute Gasteiger partial charge is 0.471 e. The average Bonchev–Trinajstić information content (AvgIpc) is 3.00. The van der Waals surface area contributed by atoms with Gasteiger partial charge in [-0.2, -0.15) is 13.2 Å². The predicted octanol–water partition coefficient (Wildman–Crippen LogP) is 1.84. The summed E-state index contributed by atoms with van der Waals surface area (Å²) in [4.78, 5) is 52.9. The summed E-state index contributed by atoms with van der Waals surface area (Å²) in [6, 6.07) is 17.1. The molecule has 0 radical (unpaired) electrons. The number of halogens is 3. The van der Waals surface area contributed by atoms with E-state index in [0.717, 1.165) is 24.3 Å². The van der Waals surface area contributed by atoms with Gasteiger partial charge in [0.25, 0.3) is 5.79 Å². The molecule has 1 heterocycles. The minimum Gasteiger partial charge on any atom is -0.452 e. The molecule has 0 aliphatic carbocycles. The van der Waals surface area contributed by atoms with Crippen LogP contribution in [0.5, 0.6) is 0 Å². The highest BCUT2D eigenvalue weighted by Gasteiger charge is 2.70. The van der Waals surface area contributed by atoms with Crippen LogP contribution < -0.4 is 5.32 Å². The highest BCUT2D eigenvalue weighted by atomic mass is 19.4. The SMILES string of the molecule is O=C(O[C@H]1[C@@H](CO)OC(O)(C(=O)c2ccccc2)[C@H](NC(=O)C(F)(F)F)[C@]1(O)C(=O)c1ccccc1)c1ccccc1. The van der Waals surface area contributed by atoms with Crippen LogP contribution in [0, 0.1) is 0 Å². The van der Waals surface area contributed by atoms with Crippen LogP contribution in [0.3, 0.4) is 0 Å². The molecule has 1 amide bonds. The summed E-state index contributed by atoms with van der Waals surface area (Å²) in [7, 11) is 0. The lowest BCUT2D eigenvalue weighted by molar-refractivity contribution is -0.307. The second-order valence-electron chi connectivity index (χ2n) is 9.35. The molecule has 0 aromatic heterocycles. The zero-order valence-corrected chi connectivity index (χ0v) is 21.5. The second-order valence-corrected chi connectivity index (χ2v) is 9.35. The second kappa shape index (κ2) is 11.8. The Hall–Kier alpha value is -4.43. The Balaban J connectivity index is 1.95. The number of hydrogen-bond donors (Lipinski definition) is 4. The van der Waals surface area contributed by atoms with Gasteiger partial charge in [-0.25, -0.2) is 4.79 Å². The maximum absolute atomic E-state index is 14.0. The van der Waals surface area contributed by atoms with Gasteiger partial charge in [0.1, 0.15) is 12.1 Å². The number of carbonyl (C=O) groups excluding carboxylic acids is 4. The highest BCUT2D eigenvalue weighted by molar-refractivity contribution is 6.08. The van der Waals surface area contributed by atoms with Crippen molar-refractivity contribution in [3.8, 4) is 0 Å². The van der Waals surface area contributed by atoms with E-state index in [1.807, 2.05) is 0 Å². The summed E-state index contributed by atoms with van der Waals surface area (Å²) in [5.41, 5.74) is -4.35. The van der Waals surface area contributed by atoms with Gasteiger partial charge in [0, 0.05) is 11.1 Å². The Morgan fingerprint density at radius 1 is 0.786 bits per heavy atom. The topological polar surface area (TPSA) is 159 Å². The van der Waals surface area contributed by atoms with Crippen molar-refractivity contribution < 1.29 is 57.1 Å². The highest BCUT2D eigenvalue weighted by Crippen LogP contribution is 2.41. The van der Waals surface area contributed by atoms with Crippen molar-refractivity contribution in [2.45, 2.75) is 35.8 Å². The van der Waals surface area contributed by atoms with Crippen molar-refractivity contribution in [2.24, 2.45) is 0 Å². The number of nitrogens with one attached hydrogen (secondary N) is 1. The number of Topliss-reactive ketones (excluding diaryl/α,β-unsaturated/α-hetero) is 2. The number of aliphatic hydroxyl groups excluding tert-OH is 1. The van der Waals surface area contributed by atoms with Gasteiger partial charge in [-0.15, -0.1) is 0 Å². The number of carbonyl (C=O) groups is 4. The average molecular weight is 588 g/mol. The fraction of sp³-hybridized carbons (Fsp3) is 0.241. The van der Waals surface area contributed by atoms with Crippen molar-refractivity contribution in [1.82, 2.24) is 5.32 Å². The summed E-state index contributed by atoms with van der Waals surface area (Å²) >= 11 is 0. The van der Waals surface area contributed by atoms with Crippen LogP contribution in [0.15, 0.2) is 91.0 Å². The Kier molecular flexibility index (Phi) is 8.59. The minimum absolute atomic E-state index is 0.124. The molecule has 42 heavy (non-hydrogen) atoms. The lowest BCUT2D eigenvalue weighted by Crippen LogP contribution is -2.81. The molecular formula is C29H24F3NO9. The van der Waals surface area contributed by atoms with Gasteiger partial charge in [0.05, 0.1) is 12.2 Å². The smallest absolute Gasteiger partial charge is 0.452 e. The first-order chi connectivity index (χ1) is 19.8. The fourth-order valence-corrected chi connectivity index (χ4v) is 4.65. The van der Waals surface area contributed by atoms with Crippen molar-refractivity contribution in [2.75, 3.05) is 6.61 Å².